The van der Waals surface area contributed by atoms with Crippen LogP contribution in [-0.4, -0.2) is 63.5 Å². The quantitative estimate of drug-likeness (QED) is 0.665. The van der Waals surface area contributed by atoms with Crippen molar-refractivity contribution in [3.05, 3.63) is 42.4 Å². The molecule has 0 saturated carbocycles. The summed E-state index contributed by atoms with van der Waals surface area (Å²) in [5.74, 6) is 0.761. The maximum atomic E-state index is 12.9. The zero-order chi connectivity index (χ0) is 20.7. The average Bonchev–Trinajstić information content (AvgIpc) is 3.40. The van der Waals surface area contributed by atoms with Crippen molar-refractivity contribution in [3.63, 3.8) is 0 Å². The normalized spacial score (nSPS) is 22.1. The zero-order valence-electron chi connectivity index (χ0n) is 16.8. The highest BCUT2D eigenvalue weighted by Crippen LogP contribution is 2.31. The van der Waals surface area contributed by atoms with Crippen LogP contribution in [0.3, 0.4) is 0 Å². The van der Waals surface area contributed by atoms with Crippen LogP contribution in [0, 0.1) is 5.92 Å². The number of nitrogens with zero attached hydrogens (tertiary/aromatic N) is 5. The summed E-state index contributed by atoms with van der Waals surface area (Å²) in [6.07, 6.45) is 3.80. The van der Waals surface area contributed by atoms with Gasteiger partial charge in [0.1, 0.15) is 5.69 Å². The monoisotopic (exact) mass is 405 g/mol. The van der Waals surface area contributed by atoms with Crippen LogP contribution < -0.4 is 0 Å². The molecule has 154 valence electrons. The van der Waals surface area contributed by atoms with E-state index >= 15 is 0 Å². The number of amides is 2. The molecule has 5 rings (SSSR count). The van der Waals surface area contributed by atoms with Gasteiger partial charge in [-0.3, -0.25) is 14.6 Å². The molecule has 0 bridgehead atoms. The van der Waals surface area contributed by atoms with E-state index in [0.29, 0.717) is 43.5 Å². The van der Waals surface area contributed by atoms with Gasteiger partial charge in [-0.15, -0.1) is 10.2 Å². The largest absolute Gasteiger partial charge is 0.419 e. The van der Waals surface area contributed by atoms with Crippen LogP contribution in [0.15, 0.2) is 40.9 Å². The number of pyridine rings is 1. The number of carbonyl (C=O) groups excluding carboxylic acids is 2. The third-order valence-corrected chi connectivity index (χ3v) is 6.09. The summed E-state index contributed by atoms with van der Waals surface area (Å²) < 4.78 is 6.02. The first kappa shape index (κ1) is 18.7. The van der Waals surface area contributed by atoms with Gasteiger partial charge >= 0.3 is 0 Å². The minimum atomic E-state index is -0.251. The molecule has 4 heterocycles. The molecule has 1 aromatic carbocycles. The average molecular weight is 405 g/mol. The molecule has 0 unspecified atom stereocenters. The highest BCUT2D eigenvalue weighted by molar-refractivity contribution is 5.92. The molecule has 2 atom stereocenters. The highest BCUT2D eigenvalue weighted by atomic mass is 16.4. The predicted octanol–water partition coefficient (Wildman–Crippen LogP) is 2.47. The minimum absolute atomic E-state index is 0.00578. The standard InChI is InChI=1S/C22H23N5O3/c1-26-12-16(11-18(26)28)22(29)27-10-4-6-15(13-27)20-24-25-21(30-20)19-17-7-3-2-5-14(17)8-9-23-19/h2-3,5,7-9,15-16H,4,6,10-13H2,1H3/t15-,16+/m0/s1. The number of rotatable bonds is 3. The van der Waals surface area contributed by atoms with Gasteiger partial charge in [0.2, 0.25) is 17.7 Å². The third-order valence-electron chi connectivity index (χ3n) is 6.09. The number of hydrogen-bond acceptors (Lipinski definition) is 6. The number of fused-ring (bicyclic) bond motifs is 1. The molecule has 2 aliphatic heterocycles. The van der Waals surface area contributed by atoms with E-state index in [1.165, 1.54) is 0 Å². The molecule has 2 aromatic heterocycles. The first-order chi connectivity index (χ1) is 14.6. The van der Waals surface area contributed by atoms with Crippen LogP contribution in [0.5, 0.6) is 0 Å². The molecule has 0 radical (unpaired) electrons. The third kappa shape index (κ3) is 3.32. The molecule has 2 saturated heterocycles. The van der Waals surface area contributed by atoms with Gasteiger partial charge in [-0.25, -0.2) is 0 Å². The van der Waals surface area contributed by atoms with Crippen LogP contribution in [0.25, 0.3) is 22.4 Å². The Morgan fingerprint density at radius 3 is 2.87 bits per heavy atom. The lowest BCUT2D eigenvalue weighted by Gasteiger charge is -2.32. The van der Waals surface area contributed by atoms with Crippen molar-refractivity contribution in [3.8, 4) is 11.6 Å². The maximum Gasteiger partial charge on any atom is 0.266 e. The smallest absolute Gasteiger partial charge is 0.266 e. The van der Waals surface area contributed by atoms with Crippen molar-refractivity contribution in [2.24, 2.45) is 5.92 Å². The summed E-state index contributed by atoms with van der Waals surface area (Å²) in [7, 11) is 1.75. The lowest BCUT2D eigenvalue weighted by Crippen LogP contribution is -2.43. The fourth-order valence-electron chi connectivity index (χ4n) is 4.45. The molecule has 3 aromatic rings. The summed E-state index contributed by atoms with van der Waals surface area (Å²) in [6.45, 7) is 1.74. The van der Waals surface area contributed by atoms with Gasteiger partial charge in [0.15, 0.2) is 0 Å². The molecule has 8 heteroatoms. The van der Waals surface area contributed by atoms with Gasteiger partial charge in [-0.05, 0) is 24.3 Å². The van der Waals surface area contributed by atoms with E-state index in [4.69, 9.17) is 4.42 Å². The van der Waals surface area contributed by atoms with Gasteiger partial charge in [0.25, 0.3) is 5.89 Å². The molecule has 0 N–H and O–H groups in total. The van der Waals surface area contributed by atoms with Crippen LogP contribution in [0.2, 0.25) is 0 Å². The predicted molar refractivity (Wildman–Crippen MR) is 109 cm³/mol. The summed E-state index contributed by atoms with van der Waals surface area (Å²) in [6, 6.07) is 9.90. The van der Waals surface area contributed by atoms with E-state index < -0.39 is 0 Å². The van der Waals surface area contributed by atoms with Gasteiger partial charge in [-0.2, -0.15) is 0 Å². The van der Waals surface area contributed by atoms with Crippen LogP contribution in [0.1, 0.15) is 31.1 Å². The molecule has 8 nitrogen and oxygen atoms in total. The SMILES string of the molecule is CN1C[C@H](C(=O)N2CCC[C@H](c3nnc(-c4nccc5ccccc45)o3)C2)CC1=O. The molecule has 2 amide bonds. The van der Waals surface area contributed by atoms with Crippen molar-refractivity contribution in [1.29, 1.82) is 0 Å². The molecular weight excluding hydrogens is 382 g/mol. The van der Waals surface area contributed by atoms with Crippen molar-refractivity contribution >= 4 is 22.6 Å². The van der Waals surface area contributed by atoms with Gasteiger partial charge < -0.3 is 14.2 Å². The molecule has 0 aliphatic carbocycles. The van der Waals surface area contributed by atoms with E-state index in [9.17, 15) is 9.59 Å². The van der Waals surface area contributed by atoms with E-state index in [1.54, 1.807) is 18.1 Å². The number of likely N-dealkylation sites (tertiary alicyclic amines) is 2. The number of benzene rings is 1. The lowest BCUT2D eigenvalue weighted by molar-refractivity contribution is -0.137. The number of piperidine rings is 1. The zero-order valence-corrected chi connectivity index (χ0v) is 16.8. The fourth-order valence-corrected chi connectivity index (χ4v) is 4.45. The molecule has 0 spiro atoms. The summed E-state index contributed by atoms with van der Waals surface area (Å²) in [4.78, 5) is 32.6. The molecule has 30 heavy (non-hydrogen) atoms. The molecular formula is C22H23N5O3. The maximum absolute atomic E-state index is 12.9. The first-order valence-corrected chi connectivity index (χ1v) is 10.3. The molecule has 2 fully saturated rings. The Bertz CT molecular complexity index is 1110. The Kier molecular flexibility index (Phi) is 4.69. The van der Waals surface area contributed by atoms with Crippen LogP contribution in [-0.2, 0) is 9.59 Å². The summed E-state index contributed by atoms with van der Waals surface area (Å²) in [5, 5.41) is 10.6. The van der Waals surface area contributed by atoms with Crippen LogP contribution >= 0.6 is 0 Å². The van der Waals surface area contributed by atoms with Crippen molar-refractivity contribution in [2.75, 3.05) is 26.7 Å². The van der Waals surface area contributed by atoms with E-state index in [2.05, 4.69) is 15.2 Å². The van der Waals surface area contributed by atoms with Crippen molar-refractivity contribution < 1.29 is 14.0 Å². The van der Waals surface area contributed by atoms with Gasteiger partial charge in [0.05, 0.1) is 11.8 Å². The highest BCUT2D eigenvalue weighted by Gasteiger charge is 2.37. The number of hydrogen-bond donors (Lipinski definition) is 0. The first-order valence-electron chi connectivity index (χ1n) is 10.3. The van der Waals surface area contributed by atoms with Crippen molar-refractivity contribution in [2.45, 2.75) is 25.2 Å². The number of carbonyl (C=O) groups is 2. The van der Waals surface area contributed by atoms with Gasteiger partial charge in [-0.1, -0.05) is 24.3 Å². The second kappa shape index (κ2) is 7.51. The number of aromatic nitrogens is 3. The van der Waals surface area contributed by atoms with Crippen molar-refractivity contribution in [1.82, 2.24) is 25.0 Å². The topological polar surface area (TPSA) is 92.4 Å². The van der Waals surface area contributed by atoms with E-state index in [0.717, 1.165) is 23.6 Å². The minimum Gasteiger partial charge on any atom is -0.419 e. The second-order valence-corrected chi connectivity index (χ2v) is 8.12. The second-order valence-electron chi connectivity index (χ2n) is 8.12. The Labute approximate surface area is 173 Å². The lowest BCUT2D eigenvalue weighted by atomic mass is 9.96. The van der Waals surface area contributed by atoms with Gasteiger partial charge in [0, 0.05) is 44.7 Å². The molecule has 2 aliphatic rings. The van der Waals surface area contributed by atoms with E-state index in [-0.39, 0.29) is 23.7 Å². The van der Waals surface area contributed by atoms with Crippen LogP contribution in [0.4, 0.5) is 0 Å². The Morgan fingerprint density at radius 2 is 2.03 bits per heavy atom. The summed E-state index contributed by atoms with van der Waals surface area (Å²) in [5.41, 5.74) is 0.670. The Hall–Kier alpha value is -3.29. The fraction of sp³-hybridized carbons (Fsp3) is 0.409. The Morgan fingerprint density at radius 1 is 1.17 bits per heavy atom. The summed E-state index contributed by atoms with van der Waals surface area (Å²) >= 11 is 0. The van der Waals surface area contributed by atoms with E-state index in [1.807, 2.05) is 35.2 Å². The Balaban J connectivity index is 1.35.